The molecule has 1 heterocycles. The molecule has 0 saturated heterocycles. The van der Waals surface area contributed by atoms with Crippen molar-refractivity contribution in [1.82, 2.24) is 10.3 Å². The number of amides is 1. The van der Waals surface area contributed by atoms with E-state index >= 15 is 0 Å². The summed E-state index contributed by atoms with van der Waals surface area (Å²) in [7, 11) is 0. The zero-order chi connectivity index (χ0) is 17.6. The smallest absolute Gasteiger partial charge is 0.270 e. The number of benzene rings is 2. The average Bonchev–Trinajstić information content (AvgIpc) is 2.65. The Morgan fingerprint density at radius 1 is 0.960 bits per heavy atom. The Kier molecular flexibility index (Phi) is 5.31. The lowest BCUT2D eigenvalue weighted by Crippen LogP contribution is -2.27. The summed E-state index contributed by atoms with van der Waals surface area (Å²) >= 11 is 5.87. The number of carbonyl (C=O) groups excluding carboxylic acids is 1. The van der Waals surface area contributed by atoms with Crippen molar-refractivity contribution in [3.05, 3.63) is 89.2 Å². The van der Waals surface area contributed by atoms with Crippen molar-refractivity contribution in [1.29, 1.82) is 0 Å². The molecular weight excluding hydrogens is 334 g/mol. The summed E-state index contributed by atoms with van der Waals surface area (Å²) in [5.41, 5.74) is 3.14. The van der Waals surface area contributed by atoms with Crippen LogP contribution in [0.5, 0.6) is 0 Å². The minimum Gasteiger partial charge on any atom is -0.354 e. The monoisotopic (exact) mass is 351 g/mol. The predicted octanol–water partition coefficient (Wildman–Crippen LogP) is 4.97. The number of hydrogen-bond donors (Lipinski definition) is 2. The molecule has 0 fully saturated rings. The summed E-state index contributed by atoms with van der Waals surface area (Å²) in [5.74, 6) is -0.200. The molecular formula is C20H18ClN3O. The van der Waals surface area contributed by atoms with Crippen LogP contribution in [0.4, 0.5) is 11.4 Å². The number of halogens is 1. The van der Waals surface area contributed by atoms with Gasteiger partial charge in [-0.3, -0.25) is 4.79 Å². The van der Waals surface area contributed by atoms with Crippen molar-refractivity contribution in [2.45, 2.75) is 13.0 Å². The number of hydrogen-bond acceptors (Lipinski definition) is 3. The SMILES string of the molecule is CC(NC(=O)c1ccc(Nc2ccc(Cl)cc2)cn1)c1ccccc1. The van der Waals surface area contributed by atoms with E-state index in [-0.39, 0.29) is 11.9 Å². The molecule has 1 atom stereocenters. The summed E-state index contributed by atoms with van der Waals surface area (Å²) in [4.78, 5) is 16.6. The highest BCUT2D eigenvalue weighted by Crippen LogP contribution is 2.19. The maximum Gasteiger partial charge on any atom is 0.270 e. The van der Waals surface area contributed by atoms with Gasteiger partial charge in [0.25, 0.3) is 5.91 Å². The van der Waals surface area contributed by atoms with E-state index in [9.17, 15) is 4.79 Å². The molecule has 0 spiro atoms. The standard InChI is InChI=1S/C20H18ClN3O/c1-14(15-5-3-2-4-6-15)23-20(25)19-12-11-18(13-22-19)24-17-9-7-16(21)8-10-17/h2-14,24H,1H3,(H,23,25). The quantitative estimate of drug-likeness (QED) is 0.682. The van der Waals surface area contributed by atoms with Crippen molar-refractivity contribution in [3.8, 4) is 0 Å². The number of nitrogens with zero attached hydrogens (tertiary/aromatic N) is 1. The van der Waals surface area contributed by atoms with Crippen molar-refractivity contribution >= 4 is 28.9 Å². The molecule has 25 heavy (non-hydrogen) atoms. The molecule has 4 nitrogen and oxygen atoms in total. The van der Waals surface area contributed by atoms with Gasteiger partial charge >= 0.3 is 0 Å². The molecule has 2 aromatic carbocycles. The highest BCUT2D eigenvalue weighted by atomic mass is 35.5. The third kappa shape index (κ3) is 4.58. The molecule has 0 aliphatic carbocycles. The maximum absolute atomic E-state index is 12.3. The Hall–Kier alpha value is -2.85. The fourth-order valence-corrected chi connectivity index (χ4v) is 2.52. The second-order valence-electron chi connectivity index (χ2n) is 5.67. The first kappa shape index (κ1) is 17.0. The average molecular weight is 352 g/mol. The number of rotatable bonds is 5. The molecule has 0 bridgehead atoms. The second-order valence-corrected chi connectivity index (χ2v) is 6.11. The molecule has 0 aliphatic rings. The number of carbonyl (C=O) groups is 1. The Labute approximate surface area is 151 Å². The summed E-state index contributed by atoms with van der Waals surface area (Å²) in [6.45, 7) is 1.95. The summed E-state index contributed by atoms with van der Waals surface area (Å²) in [6.07, 6.45) is 1.64. The normalized spacial score (nSPS) is 11.6. The summed E-state index contributed by atoms with van der Waals surface area (Å²) in [6, 6.07) is 20.6. The first-order valence-corrected chi connectivity index (χ1v) is 8.34. The molecule has 1 aromatic heterocycles. The van der Waals surface area contributed by atoms with Gasteiger partial charge in [0, 0.05) is 10.7 Å². The van der Waals surface area contributed by atoms with Crippen LogP contribution in [-0.2, 0) is 0 Å². The molecule has 1 unspecified atom stereocenters. The van der Waals surface area contributed by atoms with E-state index in [2.05, 4.69) is 15.6 Å². The van der Waals surface area contributed by atoms with Crippen LogP contribution in [0, 0.1) is 0 Å². The van der Waals surface area contributed by atoms with Crippen LogP contribution in [0.1, 0.15) is 29.0 Å². The van der Waals surface area contributed by atoms with Gasteiger partial charge in [0.1, 0.15) is 5.69 Å². The number of nitrogens with one attached hydrogen (secondary N) is 2. The minimum atomic E-state index is -0.200. The number of pyridine rings is 1. The minimum absolute atomic E-state index is 0.0811. The van der Waals surface area contributed by atoms with Crippen LogP contribution in [0.25, 0.3) is 0 Å². The van der Waals surface area contributed by atoms with Crippen LogP contribution < -0.4 is 10.6 Å². The molecule has 3 rings (SSSR count). The Morgan fingerprint density at radius 2 is 1.64 bits per heavy atom. The van der Waals surface area contributed by atoms with Gasteiger partial charge in [-0.05, 0) is 48.9 Å². The van der Waals surface area contributed by atoms with E-state index in [4.69, 9.17) is 11.6 Å². The summed E-state index contributed by atoms with van der Waals surface area (Å²) < 4.78 is 0. The van der Waals surface area contributed by atoms with E-state index in [0.717, 1.165) is 16.9 Å². The molecule has 5 heteroatoms. The van der Waals surface area contributed by atoms with Crippen LogP contribution >= 0.6 is 11.6 Å². The fraction of sp³-hybridized carbons (Fsp3) is 0.100. The first-order valence-electron chi connectivity index (χ1n) is 7.96. The van der Waals surface area contributed by atoms with Gasteiger partial charge in [-0.25, -0.2) is 4.98 Å². The lowest BCUT2D eigenvalue weighted by Gasteiger charge is -2.14. The maximum atomic E-state index is 12.3. The zero-order valence-corrected chi connectivity index (χ0v) is 14.5. The third-order valence-corrected chi connectivity index (χ3v) is 4.03. The van der Waals surface area contributed by atoms with Gasteiger partial charge in [0.15, 0.2) is 0 Å². The first-order chi connectivity index (χ1) is 12.1. The van der Waals surface area contributed by atoms with Crippen LogP contribution in [-0.4, -0.2) is 10.9 Å². The van der Waals surface area contributed by atoms with E-state index in [0.29, 0.717) is 10.7 Å². The highest BCUT2D eigenvalue weighted by molar-refractivity contribution is 6.30. The van der Waals surface area contributed by atoms with Gasteiger partial charge in [-0.15, -0.1) is 0 Å². The number of aromatic nitrogens is 1. The van der Waals surface area contributed by atoms with Gasteiger partial charge < -0.3 is 10.6 Å². The van der Waals surface area contributed by atoms with Crippen LogP contribution in [0.15, 0.2) is 72.9 Å². The van der Waals surface area contributed by atoms with Crippen LogP contribution in [0.2, 0.25) is 5.02 Å². The van der Waals surface area contributed by atoms with Crippen molar-refractivity contribution < 1.29 is 4.79 Å². The van der Waals surface area contributed by atoms with Gasteiger partial charge in [-0.2, -0.15) is 0 Å². The molecule has 2 N–H and O–H groups in total. The van der Waals surface area contributed by atoms with Gasteiger partial charge in [0.2, 0.25) is 0 Å². The van der Waals surface area contributed by atoms with Gasteiger partial charge in [-0.1, -0.05) is 41.9 Å². The Morgan fingerprint density at radius 3 is 2.28 bits per heavy atom. The van der Waals surface area contributed by atoms with Crippen molar-refractivity contribution in [3.63, 3.8) is 0 Å². The van der Waals surface area contributed by atoms with Crippen LogP contribution in [0.3, 0.4) is 0 Å². The van der Waals surface area contributed by atoms with Crippen molar-refractivity contribution in [2.24, 2.45) is 0 Å². The Balaban J connectivity index is 1.63. The molecule has 0 radical (unpaired) electrons. The van der Waals surface area contributed by atoms with E-state index in [1.807, 2.05) is 67.6 Å². The predicted molar refractivity (Wildman–Crippen MR) is 101 cm³/mol. The van der Waals surface area contributed by atoms with Crippen molar-refractivity contribution in [2.75, 3.05) is 5.32 Å². The van der Waals surface area contributed by atoms with Gasteiger partial charge in [0.05, 0.1) is 17.9 Å². The third-order valence-electron chi connectivity index (χ3n) is 3.78. The molecule has 3 aromatic rings. The van der Waals surface area contributed by atoms with E-state index < -0.39 is 0 Å². The summed E-state index contributed by atoms with van der Waals surface area (Å²) in [5, 5.41) is 6.85. The molecule has 0 aliphatic heterocycles. The fourth-order valence-electron chi connectivity index (χ4n) is 2.40. The molecule has 126 valence electrons. The van der Waals surface area contributed by atoms with E-state index in [1.165, 1.54) is 0 Å². The zero-order valence-electron chi connectivity index (χ0n) is 13.7. The highest BCUT2D eigenvalue weighted by Gasteiger charge is 2.12. The molecule has 0 saturated carbocycles. The lowest BCUT2D eigenvalue weighted by atomic mass is 10.1. The Bertz CT molecular complexity index is 833. The largest absolute Gasteiger partial charge is 0.354 e. The topological polar surface area (TPSA) is 54.0 Å². The molecule has 1 amide bonds. The second kappa shape index (κ2) is 7.81. The van der Waals surface area contributed by atoms with E-state index in [1.54, 1.807) is 12.3 Å². The number of anilines is 2. The lowest BCUT2D eigenvalue weighted by molar-refractivity contribution is 0.0935.